The second-order valence-electron chi connectivity index (χ2n) is 4.35. The molecule has 0 amide bonds. The van der Waals surface area contributed by atoms with E-state index in [1.165, 1.54) is 0 Å². The molecule has 94 valence electrons. The van der Waals surface area contributed by atoms with Gasteiger partial charge in [0.2, 0.25) is 0 Å². The molecule has 0 bridgehead atoms. The van der Waals surface area contributed by atoms with Crippen molar-refractivity contribution in [2.75, 3.05) is 6.54 Å². The molecule has 2 aromatic rings. The minimum Gasteiger partial charge on any atom is -0.313 e. The van der Waals surface area contributed by atoms with E-state index in [-0.39, 0.29) is 5.82 Å². The van der Waals surface area contributed by atoms with Crippen molar-refractivity contribution in [1.82, 2.24) is 5.32 Å². The molecule has 0 spiro atoms. The fourth-order valence-electron chi connectivity index (χ4n) is 1.90. The lowest BCUT2D eigenvalue weighted by Gasteiger charge is -2.07. The van der Waals surface area contributed by atoms with E-state index >= 15 is 0 Å². The second-order valence-corrected chi connectivity index (χ2v) is 4.35. The molecule has 0 unspecified atom stereocenters. The molecule has 2 heteroatoms. The van der Waals surface area contributed by atoms with Gasteiger partial charge in [-0.25, -0.2) is 4.39 Å². The Labute approximate surface area is 108 Å². The van der Waals surface area contributed by atoms with Crippen molar-refractivity contribution in [3.63, 3.8) is 0 Å². The number of benzene rings is 2. The number of rotatable bonds is 5. The van der Waals surface area contributed by atoms with Crippen LogP contribution < -0.4 is 5.32 Å². The lowest BCUT2D eigenvalue weighted by Crippen LogP contribution is -2.14. The minimum atomic E-state index is -0.139. The molecule has 0 aliphatic rings. The van der Waals surface area contributed by atoms with Crippen molar-refractivity contribution in [3.05, 3.63) is 59.9 Å². The topological polar surface area (TPSA) is 12.0 Å². The summed E-state index contributed by atoms with van der Waals surface area (Å²) in [5.74, 6) is -0.139. The van der Waals surface area contributed by atoms with Gasteiger partial charge in [0.25, 0.3) is 0 Å². The zero-order valence-corrected chi connectivity index (χ0v) is 10.6. The van der Waals surface area contributed by atoms with Crippen LogP contribution in [0.2, 0.25) is 0 Å². The van der Waals surface area contributed by atoms with Crippen molar-refractivity contribution < 1.29 is 4.39 Å². The highest BCUT2D eigenvalue weighted by Crippen LogP contribution is 2.21. The molecule has 0 aliphatic heterocycles. The molecule has 0 fully saturated rings. The molecular weight excluding hydrogens is 225 g/mol. The van der Waals surface area contributed by atoms with Gasteiger partial charge < -0.3 is 5.32 Å². The van der Waals surface area contributed by atoms with Crippen LogP contribution in [0.1, 0.15) is 18.9 Å². The van der Waals surface area contributed by atoms with Crippen molar-refractivity contribution in [1.29, 1.82) is 0 Å². The fraction of sp³-hybridized carbons (Fsp3) is 0.250. The Hall–Kier alpha value is -1.67. The first-order valence-electron chi connectivity index (χ1n) is 6.36. The van der Waals surface area contributed by atoms with E-state index < -0.39 is 0 Å². The average molecular weight is 243 g/mol. The quantitative estimate of drug-likeness (QED) is 0.783. The molecule has 18 heavy (non-hydrogen) atoms. The number of halogens is 1. The van der Waals surface area contributed by atoms with Crippen LogP contribution in [0.15, 0.2) is 48.5 Å². The molecule has 1 nitrogen and oxygen atoms in total. The zero-order valence-electron chi connectivity index (χ0n) is 10.6. The summed E-state index contributed by atoms with van der Waals surface area (Å²) in [7, 11) is 0. The summed E-state index contributed by atoms with van der Waals surface area (Å²) in [5.41, 5.74) is 2.69. The Morgan fingerprint density at radius 2 is 1.78 bits per heavy atom. The van der Waals surface area contributed by atoms with Crippen molar-refractivity contribution in [2.24, 2.45) is 0 Å². The Balaban J connectivity index is 2.15. The second kappa shape index (κ2) is 6.31. The molecule has 0 atom stereocenters. The van der Waals surface area contributed by atoms with Gasteiger partial charge in [-0.1, -0.05) is 49.4 Å². The van der Waals surface area contributed by atoms with Crippen LogP contribution >= 0.6 is 0 Å². The van der Waals surface area contributed by atoms with E-state index in [0.717, 1.165) is 29.7 Å². The molecule has 2 aromatic carbocycles. The van der Waals surface area contributed by atoms with Gasteiger partial charge in [0.1, 0.15) is 5.82 Å². The predicted molar refractivity (Wildman–Crippen MR) is 73.8 cm³/mol. The monoisotopic (exact) mass is 243 g/mol. The van der Waals surface area contributed by atoms with Gasteiger partial charge in [-0.3, -0.25) is 0 Å². The lowest BCUT2D eigenvalue weighted by atomic mass is 10.0. The third-order valence-corrected chi connectivity index (χ3v) is 2.90. The third-order valence-electron chi connectivity index (χ3n) is 2.90. The van der Waals surface area contributed by atoms with E-state index in [1.807, 2.05) is 42.5 Å². The maximum atomic E-state index is 13.9. The lowest BCUT2D eigenvalue weighted by molar-refractivity contribution is 0.587. The van der Waals surface area contributed by atoms with Crippen LogP contribution in [-0.2, 0) is 6.54 Å². The molecule has 0 saturated heterocycles. The first-order valence-corrected chi connectivity index (χ1v) is 6.36. The van der Waals surface area contributed by atoms with E-state index in [2.05, 4.69) is 12.2 Å². The molecule has 1 N–H and O–H groups in total. The first-order chi connectivity index (χ1) is 8.81. The van der Waals surface area contributed by atoms with Gasteiger partial charge in [-0.2, -0.15) is 0 Å². The summed E-state index contributed by atoms with van der Waals surface area (Å²) < 4.78 is 13.9. The van der Waals surface area contributed by atoms with Gasteiger partial charge in [-0.05, 0) is 30.2 Å². The SMILES string of the molecule is CCCNCc1ccc(-c2ccccc2)cc1F. The standard InChI is InChI=1S/C16H18FN/c1-2-10-18-12-15-9-8-14(11-16(15)17)13-6-4-3-5-7-13/h3-9,11,18H,2,10,12H2,1H3. The van der Waals surface area contributed by atoms with Gasteiger partial charge in [0.15, 0.2) is 0 Å². The number of nitrogens with one attached hydrogen (secondary N) is 1. The molecule has 0 aliphatic carbocycles. The van der Waals surface area contributed by atoms with Crippen molar-refractivity contribution >= 4 is 0 Å². The molecule has 0 radical (unpaired) electrons. The number of hydrogen-bond donors (Lipinski definition) is 1. The van der Waals surface area contributed by atoms with Gasteiger partial charge in [0.05, 0.1) is 0 Å². The summed E-state index contributed by atoms with van der Waals surface area (Å²) in [6.07, 6.45) is 1.06. The van der Waals surface area contributed by atoms with Crippen LogP contribution in [0.25, 0.3) is 11.1 Å². The molecule has 0 aromatic heterocycles. The predicted octanol–water partition coefficient (Wildman–Crippen LogP) is 3.99. The van der Waals surface area contributed by atoms with E-state index in [9.17, 15) is 4.39 Å². The van der Waals surface area contributed by atoms with Gasteiger partial charge >= 0.3 is 0 Å². The van der Waals surface area contributed by atoms with Crippen LogP contribution in [-0.4, -0.2) is 6.54 Å². The Kier molecular flexibility index (Phi) is 4.48. The summed E-state index contributed by atoms with van der Waals surface area (Å²) in [6, 6.07) is 15.3. The maximum absolute atomic E-state index is 13.9. The largest absolute Gasteiger partial charge is 0.313 e. The minimum absolute atomic E-state index is 0.139. The Morgan fingerprint density at radius 3 is 2.44 bits per heavy atom. The number of hydrogen-bond acceptors (Lipinski definition) is 1. The average Bonchev–Trinajstić information content (AvgIpc) is 2.42. The summed E-state index contributed by atoms with van der Waals surface area (Å²) in [6.45, 7) is 3.61. The van der Waals surface area contributed by atoms with Gasteiger partial charge in [0, 0.05) is 12.1 Å². The normalized spacial score (nSPS) is 10.6. The Morgan fingerprint density at radius 1 is 1.00 bits per heavy atom. The van der Waals surface area contributed by atoms with Crippen molar-refractivity contribution in [2.45, 2.75) is 19.9 Å². The van der Waals surface area contributed by atoms with E-state index in [1.54, 1.807) is 6.07 Å². The maximum Gasteiger partial charge on any atom is 0.128 e. The highest BCUT2D eigenvalue weighted by atomic mass is 19.1. The smallest absolute Gasteiger partial charge is 0.128 e. The van der Waals surface area contributed by atoms with E-state index in [0.29, 0.717) is 6.54 Å². The van der Waals surface area contributed by atoms with Crippen LogP contribution in [0.3, 0.4) is 0 Å². The van der Waals surface area contributed by atoms with Crippen LogP contribution in [0.4, 0.5) is 4.39 Å². The van der Waals surface area contributed by atoms with E-state index in [4.69, 9.17) is 0 Å². The highest BCUT2D eigenvalue weighted by molar-refractivity contribution is 5.63. The zero-order chi connectivity index (χ0) is 12.8. The fourth-order valence-corrected chi connectivity index (χ4v) is 1.90. The molecular formula is C16H18FN. The van der Waals surface area contributed by atoms with Crippen LogP contribution in [0.5, 0.6) is 0 Å². The molecule has 2 rings (SSSR count). The Bertz CT molecular complexity index is 494. The van der Waals surface area contributed by atoms with Crippen LogP contribution in [0, 0.1) is 5.82 Å². The highest BCUT2D eigenvalue weighted by Gasteiger charge is 2.04. The van der Waals surface area contributed by atoms with Crippen molar-refractivity contribution in [3.8, 4) is 11.1 Å². The molecule has 0 saturated carbocycles. The third kappa shape index (κ3) is 3.17. The summed E-state index contributed by atoms with van der Waals surface area (Å²) in [5, 5.41) is 3.21. The summed E-state index contributed by atoms with van der Waals surface area (Å²) >= 11 is 0. The van der Waals surface area contributed by atoms with Gasteiger partial charge in [-0.15, -0.1) is 0 Å². The first kappa shape index (κ1) is 12.8. The molecule has 0 heterocycles. The summed E-state index contributed by atoms with van der Waals surface area (Å²) in [4.78, 5) is 0.